The van der Waals surface area contributed by atoms with Crippen molar-refractivity contribution >= 4 is 22.6 Å². The summed E-state index contributed by atoms with van der Waals surface area (Å²) in [6.45, 7) is 0.0711. The number of carbonyl (C=O) groups excluding carboxylic acids is 1. The van der Waals surface area contributed by atoms with Gasteiger partial charge >= 0.3 is 0 Å². The van der Waals surface area contributed by atoms with Gasteiger partial charge in [0, 0.05) is 6.07 Å². The maximum absolute atomic E-state index is 13.8. The number of amides is 1. The van der Waals surface area contributed by atoms with Crippen LogP contribution in [0.5, 0.6) is 5.75 Å². The minimum Gasteiger partial charge on any atom is -0.486 e. The van der Waals surface area contributed by atoms with Gasteiger partial charge in [0.15, 0.2) is 0 Å². The van der Waals surface area contributed by atoms with Gasteiger partial charge in [-0.3, -0.25) is 4.79 Å². The number of anilines is 1. The molecule has 3 aromatic carbocycles. The third-order valence-corrected chi connectivity index (χ3v) is 4.35. The van der Waals surface area contributed by atoms with E-state index in [1.165, 1.54) is 6.07 Å². The van der Waals surface area contributed by atoms with Crippen molar-refractivity contribution in [1.29, 1.82) is 0 Å². The molecule has 1 heterocycles. The number of rotatable bonds is 6. The van der Waals surface area contributed by atoms with Crippen LogP contribution in [-0.2, 0) is 17.9 Å². The summed E-state index contributed by atoms with van der Waals surface area (Å²) in [5.41, 5.74) is 1.40. The van der Waals surface area contributed by atoms with Crippen molar-refractivity contribution in [3.63, 3.8) is 0 Å². The molecule has 0 saturated heterocycles. The molecule has 0 aliphatic rings. The number of carbonyl (C=O) groups is 1. The topological polar surface area (TPSA) is 56.2 Å². The van der Waals surface area contributed by atoms with Crippen molar-refractivity contribution in [2.75, 3.05) is 5.32 Å². The van der Waals surface area contributed by atoms with Gasteiger partial charge in [-0.05, 0) is 36.4 Å². The van der Waals surface area contributed by atoms with Crippen molar-refractivity contribution in [2.45, 2.75) is 13.2 Å². The number of fused-ring (bicyclic) bond motifs is 1. The fraction of sp³-hybridized carbons (Fsp3) is 0.0909. The maximum atomic E-state index is 13.8. The van der Waals surface area contributed by atoms with E-state index >= 15 is 0 Å². The molecule has 0 saturated carbocycles. The first-order valence-corrected chi connectivity index (χ1v) is 8.97. The van der Waals surface area contributed by atoms with E-state index in [1.54, 1.807) is 4.57 Å². The molecule has 0 fully saturated rings. The number of para-hydroxylation sites is 3. The average Bonchev–Trinajstić information content (AvgIpc) is 3.07. The van der Waals surface area contributed by atoms with E-state index in [9.17, 15) is 13.6 Å². The van der Waals surface area contributed by atoms with Crippen LogP contribution in [-0.4, -0.2) is 15.5 Å². The summed E-state index contributed by atoms with van der Waals surface area (Å²) in [4.78, 5) is 17.1. The quantitative estimate of drug-likeness (QED) is 0.524. The Morgan fingerprint density at radius 3 is 2.55 bits per heavy atom. The van der Waals surface area contributed by atoms with Gasteiger partial charge in [-0.2, -0.15) is 0 Å². The van der Waals surface area contributed by atoms with Gasteiger partial charge in [-0.1, -0.05) is 30.3 Å². The molecule has 5 nitrogen and oxygen atoms in total. The van der Waals surface area contributed by atoms with Crippen LogP contribution in [0, 0.1) is 11.6 Å². The van der Waals surface area contributed by atoms with Crippen LogP contribution < -0.4 is 10.1 Å². The lowest BCUT2D eigenvalue weighted by molar-refractivity contribution is -0.116. The highest BCUT2D eigenvalue weighted by Gasteiger charge is 2.15. The number of nitrogens with one attached hydrogen (secondary N) is 1. The van der Waals surface area contributed by atoms with Gasteiger partial charge < -0.3 is 14.6 Å². The first-order valence-electron chi connectivity index (χ1n) is 8.97. The van der Waals surface area contributed by atoms with Gasteiger partial charge in [0.05, 0.1) is 16.7 Å². The summed E-state index contributed by atoms with van der Waals surface area (Å²) >= 11 is 0. The van der Waals surface area contributed by atoms with Crippen molar-refractivity contribution in [3.05, 3.63) is 90.3 Å². The molecule has 0 unspecified atom stereocenters. The van der Waals surface area contributed by atoms with Crippen LogP contribution in [0.1, 0.15) is 5.82 Å². The second kappa shape index (κ2) is 8.10. The Morgan fingerprint density at radius 2 is 1.76 bits per heavy atom. The number of benzene rings is 3. The maximum Gasteiger partial charge on any atom is 0.244 e. The fourth-order valence-electron chi connectivity index (χ4n) is 3.00. The smallest absolute Gasteiger partial charge is 0.244 e. The molecule has 0 bridgehead atoms. The van der Waals surface area contributed by atoms with Gasteiger partial charge in [0.2, 0.25) is 5.91 Å². The van der Waals surface area contributed by atoms with Crippen LogP contribution in [0.2, 0.25) is 0 Å². The van der Waals surface area contributed by atoms with Crippen LogP contribution in [0.3, 0.4) is 0 Å². The SMILES string of the molecule is O=C(Cn1c(COc2ccccc2)nc2ccccc21)Nc1ccc(F)cc1F. The first kappa shape index (κ1) is 18.6. The summed E-state index contributed by atoms with van der Waals surface area (Å²) in [5.74, 6) is -0.753. The number of nitrogens with zero attached hydrogens (tertiary/aromatic N) is 2. The molecule has 0 aliphatic carbocycles. The van der Waals surface area contributed by atoms with Crippen molar-refractivity contribution < 1.29 is 18.3 Å². The Hall–Kier alpha value is -3.74. The summed E-state index contributed by atoms with van der Waals surface area (Å²) in [7, 11) is 0. The zero-order chi connectivity index (χ0) is 20.2. The molecule has 1 amide bonds. The van der Waals surface area contributed by atoms with E-state index in [4.69, 9.17) is 4.74 Å². The molecule has 1 N–H and O–H groups in total. The van der Waals surface area contributed by atoms with Gasteiger partial charge in [0.25, 0.3) is 0 Å². The number of hydrogen-bond donors (Lipinski definition) is 1. The first-order chi connectivity index (χ1) is 14.1. The number of halogens is 2. The zero-order valence-corrected chi connectivity index (χ0v) is 15.3. The molecule has 4 aromatic rings. The van der Waals surface area contributed by atoms with E-state index in [-0.39, 0.29) is 18.8 Å². The van der Waals surface area contributed by atoms with E-state index in [2.05, 4.69) is 10.3 Å². The Kier molecular flexibility index (Phi) is 5.20. The van der Waals surface area contributed by atoms with Crippen LogP contribution >= 0.6 is 0 Å². The van der Waals surface area contributed by atoms with Gasteiger partial charge in [0.1, 0.15) is 36.4 Å². The largest absolute Gasteiger partial charge is 0.486 e. The fourth-order valence-corrected chi connectivity index (χ4v) is 3.00. The standard InChI is InChI=1S/C22H17F2N3O2/c23-15-10-11-18(17(24)12-15)26-22(28)13-27-20-9-5-4-8-19(20)25-21(27)14-29-16-6-2-1-3-7-16/h1-12H,13-14H2,(H,26,28). The number of ether oxygens (including phenoxy) is 1. The molecule has 7 heteroatoms. The van der Waals surface area contributed by atoms with E-state index < -0.39 is 17.5 Å². The summed E-state index contributed by atoms with van der Waals surface area (Å²) in [6, 6.07) is 19.7. The van der Waals surface area contributed by atoms with Crippen molar-refractivity contribution in [1.82, 2.24) is 9.55 Å². The lowest BCUT2D eigenvalue weighted by Gasteiger charge is -2.11. The normalized spacial score (nSPS) is 10.8. The zero-order valence-electron chi connectivity index (χ0n) is 15.3. The predicted octanol–water partition coefficient (Wildman–Crippen LogP) is 4.53. The molecule has 4 rings (SSSR count). The molecule has 0 radical (unpaired) electrons. The van der Waals surface area contributed by atoms with Gasteiger partial charge in [-0.15, -0.1) is 0 Å². The minimum absolute atomic E-state index is 0.0806. The predicted molar refractivity (Wildman–Crippen MR) is 105 cm³/mol. The highest BCUT2D eigenvalue weighted by molar-refractivity contribution is 5.91. The van der Waals surface area contributed by atoms with E-state index in [0.29, 0.717) is 11.6 Å². The molecule has 0 aliphatic heterocycles. The Balaban J connectivity index is 1.57. The number of aromatic nitrogens is 2. The highest BCUT2D eigenvalue weighted by atomic mass is 19.1. The molecule has 0 spiro atoms. The van der Waals surface area contributed by atoms with Crippen LogP contribution in [0.4, 0.5) is 14.5 Å². The Labute approximate surface area is 165 Å². The molecular weight excluding hydrogens is 376 g/mol. The van der Waals surface area contributed by atoms with Gasteiger partial charge in [-0.25, -0.2) is 13.8 Å². The summed E-state index contributed by atoms with van der Waals surface area (Å²) < 4.78 is 34.4. The average molecular weight is 393 g/mol. The Bertz CT molecular complexity index is 1160. The van der Waals surface area contributed by atoms with Crippen LogP contribution in [0.25, 0.3) is 11.0 Å². The Morgan fingerprint density at radius 1 is 1.00 bits per heavy atom. The van der Waals surface area contributed by atoms with Crippen molar-refractivity contribution in [3.8, 4) is 5.75 Å². The van der Waals surface area contributed by atoms with Crippen LogP contribution in [0.15, 0.2) is 72.8 Å². The lowest BCUT2D eigenvalue weighted by atomic mass is 10.3. The van der Waals surface area contributed by atoms with Crippen molar-refractivity contribution in [2.24, 2.45) is 0 Å². The third-order valence-electron chi connectivity index (χ3n) is 4.35. The molecule has 1 aromatic heterocycles. The second-order valence-corrected chi connectivity index (χ2v) is 6.38. The molecule has 29 heavy (non-hydrogen) atoms. The number of imidazole rings is 1. The molecule has 0 atom stereocenters. The molecular formula is C22H17F2N3O2. The van der Waals surface area contributed by atoms with E-state index in [0.717, 1.165) is 23.2 Å². The second-order valence-electron chi connectivity index (χ2n) is 6.38. The monoisotopic (exact) mass is 393 g/mol. The number of hydrogen-bond acceptors (Lipinski definition) is 3. The molecule has 146 valence electrons. The van der Waals surface area contributed by atoms with E-state index in [1.807, 2.05) is 54.6 Å². The summed E-state index contributed by atoms with van der Waals surface area (Å²) in [5, 5.41) is 2.47. The minimum atomic E-state index is -0.832. The third kappa shape index (κ3) is 4.24. The highest BCUT2D eigenvalue weighted by Crippen LogP contribution is 2.19. The lowest BCUT2D eigenvalue weighted by Crippen LogP contribution is -2.21. The summed E-state index contributed by atoms with van der Waals surface area (Å²) in [6.07, 6.45) is 0.